The smallest absolute Gasteiger partial charge is 0.243 e. The number of hydrogen-bond acceptors (Lipinski definition) is 5. The van der Waals surface area contributed by atoms with Crippen molar-refractivity contribution in [2.45, 2.75) is 13.0 Å². The zero-order chi connectivity index (χ0) is 21.6. The molecule has 2 aromatic rings. The fourth-order valence-corrected chi connectivity index (χ4v) is 4.04. The van der Waals surface area contributed by atoms with Gasteiger partial charge in [-0.15, -0.1) is 0 Å². The molecule has 1 amide bonds. The van der Waals surface area contributed by atoms with Crippen LogP contribution >= 0.6 is 11.6 Å². The number of carbonyl (C=O) groups is 1. The van der Waals surface area contributed by atoms with Gasteiger partial charge in [0, 0.05) is 0 Å². The van der Waals surface area contributed by atoms with E-state index >= 15 is 0 Å². The maximum absolute atomic E-state index is 12.9. The van der Waals surface area contributed by atoms with E-state index in [1.54, 1.807) is 0 Å². The number of amides is 1. The second-order valence-corrected chi connectivity index (χ2v) is 8.41. The molecule has 1 atom stereocenters. The third-order valence-electron chi connectivity index (χ3n) is 3.96. The predicted octanol–water partition coefficient (Wildman–Crippen LogP) is 2.84. The fraction of sp³-hybridized carbons (Fsp3) is 0.316. The second-order valence-electron chi connectivity index (χ2n) is 6.15. The maximum Gasteiger partial charge on any atom is 0.243 e. The highest BCUT2D eigenvalue weighted by Crippen LogP contribution is 2.31. The first kappa shape index (κ1) is 22.8. The third kappa shape index (κ3) is 6.23. The predicted molar refractivity (Wildman–Crippen MR) is 110 cm³/mol. The number of methoxy groups -OCH3 is 1. The van der Waals surface area contributed by atoms with Crippen LogP contribution in [0.4, 0.5) is 10.1 Å². The average Bonchev–Trinajstić information content (AvgIpc) is 2.65. The molecule has 10 heteroatoms. The minimum Gasteiger partial charge on any atom is -0.495 e. The Hall–Kier alpha value is -2.52. The Labute approximate surface area is 174 Å². The van der Waals surface area contributed by atoms with Crippen LogP contribution in [0.1, 0.15) is 6.92 Å². The highest BCUT2D eigenvalue weighted by molar-refractivity contribution is 7.92. The van der Waals surface area contributed by atoms with Crippen molar-refractivity contribution in [3.05, 3.63) is 53.3 Å². The van der Waals surface area contributed by atoms with Crippen LogP contribution in [0.3, 0.4) is 0 Å². The Bertz CT molecular complexity index is 954. The SMILES string of the molecule is COc1ccc(N(C(C)C(=O)NCCOc2ccc(F)cc2)S(C)(=O)=O)cc1Cl. The Morgan fingerprint density at radius 1 is 1.24 bits per heavy atom. The van der Waals surface area contributed by atoms with E-state index in [4.69, 9.17) is 21.1 Å². The highest BCUT2D eigenvalue weighted by Gasteiger charge is 2.29. The van der Waals surface area contributed by atoms with Crippen molar-refractivity contribution in [3.8, 4) is 11.5 Å². The lowest BCUT2D eigenvalue weighted by molar-refractivity contribution is -0.121. The van der Waals surface area contributed by atoms with E-state index in [9.17, 15) is 17.6 Å². The fourth-order valence-electron chi connectivity index (χ4n) is 2.62. The number of nitrogens with zero attached hydrogens (tertiary/aromatic N) is 1. The summed E-state index contributed by atoms with van der Waals surface area (Å²) in [6.07, 6.45) is 1.01. The van der Waals surface area contributed by atoms with Gasteiger partial charge in [-0.25, -0.2) is 12.8 Å². The second kappa shape index (κ2) is 9.80. The summed E-state index contributed by atoms with van der Waals surface area (Å²) in [4.78, 5) is 12.5. The lowest BCUT2D eigenvalue weighted by Gasteiger charge is -2.28. The molecule has 1 unspecified atom stereocenters. The number of halogens is 2. The molecule has 0 aliphatic carbocycles. The van der Waals surface area contributed by atoms with E-state index in [1.807, 2.05) is 0 Å². The van der Waals surface area contributed by atoms with E-state index in [-0.39, 0.29) is 29.7 Å². The number of carbonyl (C=O) groups excluding carboxylic acids is 1. The van der Waals surface area contributed by atoms with Gasteiger partial charge in [-0.3, -0.25) is 9.10 Å². The Kier molecular flexibility index (Phi) is 7.69. The van der Waals surface area contributed by atoms with Crippen molar-refractivity contribution < 1.29 is 27.1 Å². The molecule has 0 aliphatic heterocycles. The van der Waals surface area contributed by atoms with Gasteiger partial charge in [-0.2, -0.15) is 0 Å². The van der Waals surface area contributed by atoms with E-state index in [0.717, 1.165) is 10.6 Å². The minimum atomic E-state index is -3.77. The molecule has 0 aromatic heterocycles. The van der Waals surface area contributed by atoms with Gasteiger partial charge in [0.1, 0.15) is 30.0 Å². The average molecular weight is 445 g/mol. The normalized spacial score (nSPS) is 12.2. The van der Waals surface area contributed by atoms with E-state index in [2.05, 4.69) is 5.32 Å². The van der Waals surface area contributed by atoms with Gasteiger partial charge in [0.2, 0.25) is 15.9 Å². The summed E-state index contributed by atoms with van der Waals surface area (Å²) in [6, 6.07) is 8.89. The van der Waals surface area contributed by atoms with Crippen LogP contribution in [-0.2, 0) is 14.8 Å². The van der Waals surface area contributed by atoms with Crippen LogP contribution in [0.2, 0.25) is 5.02 Å². The topological polar surface area (TPSA) is 84.9 Å². The number of benzene rings is 2. The van der Waals surface area contributed by atoms with Gasteiger partial charge >= 0.3 is 0 Å². The summed E-state index contributed by atoms with van der Waals surface area (Å²) >= 11 is 6.09. The Morgan fingerprint density at radius 3 is 2.45 bits per heavy atom. The van der Waals surface area contributed by atoms with Crippen molar-refractivity contribution in [1.82, 2.24) is 5.32 Å². The van der Waals surface area contributed by atoms with Crippen LogP contribution < -0.4 is 19.1 Å². The molecule has 0 heterocycles. The molecular formula is C19H22ClFN2O5S. The van der Waals surface area contributed by atoms with Gasteiger partial charge in [0.15, 0.2) is 0 Å². The van der Waals surface area contributed by atoms with Crippen molar-refractivity contribution >= 4 is 33.2 Å². The molecular weight excluding hydrogens is 423 g/mol. The summed E-state index contributed by atoms with van der Waals surface area (Å²) in [6.45, 7) is 1.74. The van der Waals surface area contributed by atoms with E-state index in [1.165, 1.54) is 56.5 Å². The van der Waals surface area contributed by atoms with Gasteiger partial charge in [0.05, 0.1) is 30.6 Å². The van der Waals surface area contributed by atoms with Crippen molar-refractivity contribution in [2.75, 3.05) is 30.8 Å². The first-order valence-corrected chi connectivity index (χ1v) is 10.8. The zero-order valence-electron chi connectivity index (χ0n) is 16.2. The number of nitrogens with one attached hydrogen (secondary N) is 1. The molecule has 29 heavy (non-hydrogen) atoms. The minimum absolute atomic E-state index is 0.136. The lowest BCUT2D eigenvalue weighted by atomic mass is 10.2. The molecule has 0 radical (unpaired) electrons. The molecule has 0 fully saturated rings. The lowest BCUT2D eigenvalue weighted by Crippen LogP contribution is -2.48. The van der Waals surface area contributed by atoms with E-state index in [0.29, 0.717) is 11.5 Å². The number of anilines is 1. The molecule has 7 nitrogen and oxygen atoms in total. The molecule has 1 N–H and O–H groups in total. The van der Waals surface area contributed by atoms with Gasteiger partial charge in [-0.1, -0.05) is 11.6 Å². The summed E-state index contributed by atoms with van der Waals surface area (Å²) in [5.74, 6) is -0.0395. The first-order valence-electron chi connectivity index (χ1n) is 8.62. The number of sulfonamides is 1. The molecule has 0 spiro atoms. The number of ether oxygens (including phenoxy) is 2. The Morgan fingerprint density at radius 2 is 1.90 bits per heavy atom. The van der Waals surface area contributed by atoms with Gasteiger partial charge < -0.3 is 14.8 Å². The maximum atomic E-state index is 12.9. The van der Waals surface area contributed by atoms with Gasteiger partial charge in [0.25, 0.3) is 0 Å². The summed E-state index contributed by atoms with van der Waals surface area (Å²) in [7, 11) is -2.33. The molecule has 0 saturated carbocycles. The summed E-state index contributed by atoms with van der Waals surface area (Å²) in [5, 5.41) is 2.84. The molecule has 2 rings (SSSR count). The molecule has 158 valence electrons. The van der Waals surface area contributed by atoms with Crippen LogP contribution in [-0.4, -0.2) is 46.9 Å². The Balaban J connectivity index is 2.03. The van der Waals surface area contributed by atoms with Gasteiger partial charge in [-0.05, 0) is 49.4 Å². The zero-order valence-corrected chi connectivity index (χ0v) is 17.8. The molecule has 0 aliphatic rings. The first-order chi connectivity index (χ1) is 13.6. The molecule has 0 bridgehead atoms. The third-order valence-corrected chi connectivity index (χ3v) is 5.50. The van der Waals surface area contributed by atoms with Crippen LogP contribution in [0, 0.1) is 5.82 Å². The van der Waals surface area contributed by atoms with Crippen molar-refractivity contribution in [1.29, 1.82) is 0 Å². The largest absolute Gasteiger partial charge is 0.495 e. The standard InChI is InChI=1S/C19H22ClFN2O5S/c1-13(19(24)22-10-11-28-16-7-4-14(21)5-8-16)23(29(3,25)26)15-6-9-18(27-2)17(20)12-15/h4-9,12-13H,10-11H2,1-3H3,(H,22,24). The monoisotopic (exact) mass is 444 g/mol. The summed E-state index contributed by atoms with van der Waals surface area (Å²) in [5.41, 5.74) is 0.239. The van der Waals surface area contributed by atoms with Crippen LogP contribution in [0.25, 0.3) is 0 Å². The number of hydrogen-bond donors (Lipinski definition) is 1. The van der Waals surface area contributed by atoms with Crippen LogP contribution in [0.5, 0.6) is 11.5 Å². The highest BCUT2D eigenvalue weighted by atomic mass is 35.5. The summed E-state index contributed by atoms with van der Waals surface area (Å²) < 4.78 is 48.9. The van der Waals surface area contributed by atoms with Crippen molar-refractivity contribution in [3.63, 3.8) is 0 Å². The van der Waals surface area contributed by atoms with Crippen molar-refractivity contribution in [2.24, 2.45) is 0 Å². The van der Waals surface area contributed by atoms with Crippen LogP contribution in [0.15, 0.2) is 42.5 Å². The number of rotatable bonds is 9. The molecule has 0 saturated heterocycles. The quantitative estimate of drug-likeness (QED) is 0.601. The molecule has 2 aromatic carbocycles. The van der Waals surface area contributed by atoms with E-state index < -0.39 is 22.0 Å².